The minimum atomic E-state index is 0.214. The van der Waals surface area contributed by atoms with Crippen molar-refractivity contribution in [2.45, 2.75) is 65.2 Å². The third kappa shape index (κ3) is 7.40. The van der Waals surface area contributed by atoms with Gasteiger partial charge in [0, 0.05) is 13.0 Å². The molecule has 1 atom stereocenters. The van der Waals surface area contributed by atoms with Gasteiger partial charge in [-0.25, -0.2) is 0 Å². The van der Waals surface area contributed by atoms with Crippen molar-refractivity contribution < 1.29 is 4.79 Å². The zero-order chi connectivity index (χ0) is 11.5. The summed E-state index contributed by atoms with van der Waals surface area (Å²) in [7, 11) is 1.73. The minimum absolute atomic E-state index is 0.214. The van der Waals surface area contributed by atoms with Gasteiger partial charge in [0.05, 0.1) is 0 Å². The molecule has 0 saturated carbocycles. The topological polar surface area (TPSA) is 29.1 Å². The number of nitrogens with one attached hydrogen (secondary N) is 1. The van der Waals surface area contributed by atoms with Crippen molar-refractivity contribution in [1.29, 1.82) is 0 Å². The molecule has 0 aromatic carbocycles. The van der Waals surface area contributed by atoms with Gasteiger partial charge in [0.1, 0.15) is 0 Å². The fourth-order valence-corrected chi connectivity index (χ4v) is 1.90. The van der Waals surface area contributed by atoms with Crippen LogP contribution in [0.5, 0.6) is 0 Å². The highest BCUT2D eigenvalue weighted by atomic mass is 16.1. The average molecular weight is 213 g/mol. The van der Waals surface area contributed by atoms with Crippen LogP contribution in [-0.2, 0) is 4.79 Å². The van der Waals surface area contributed by atoms with Crippen molar-refractivity contribution in [2.24, 2.45) is 5.92 Å². The van der Waals surface area contributed by atoms with E-state index in [1.165, 1.54) is 38.5 Å². The van der Waals surface area contributed by atoms with E-state index in [2.05, 4.69) is 19.2 Å². The number of carbonyl (C=O) groups is 1. The van der Waals surface area contributed by atoms with E-state index >= 15 is 0 Å². The van der Waals surface area contributed by atoms with Gasteiger partial charge in [-0.15, -0.1) is 0 Å². The molecule has 90 valence electrons. The number of hydrogen-bond donors (Lipinski definition) is 1. The highest BCUT2D eigenvalue weighted by molar-refractivity contribution is 5.78. The van der Waals surface area contributed by atoms with Gasteiger partial charge < -0.3 is 5.32 Å². The Labute approximate surface area is 94.8 Å². The SMILES string of the molecule is CCCCCCCCC(CC)C(=O)NC. The maximum absolute atomic E-state index is 11.4. The quantitative estimate of drug-likeness (QED) is 0.583. The van der Waals surface area contributed by atoms with Gasteiger partial charge >= 0.3 is 0 Å². The summed E-state index contributed by atoms with van der Waals surface area (Å²) < 4.78 is 0. The predicted octanol–water partition coefficient (Wildman–Crippen LogP) is 3.51. The molecule has 0 aliphatic rings. The maximum Gasteiger partial charge on any atom is 0.222 e. The summed E-state index contributed by atoms with van der Waals surface area (Å²) >= 11 is 0. The fraction of sp³-hybridized carbons (Fsp3) is 0.923. The normalized spacial score (nSPS) is 12.5. The summed E-state index contributed by atoms with van der Waals surface area (Å²) in [6, 6.07) is 0. The molecule has 1 unspecified atom stereocenters. The molecule has 0 rings (SSSR count). The van der Waals surface area contributed by atoms with Crippen LogP contribution < -0.4 is 5.32 Å². The molecule has 1 N–H and O–H groups in total. The van der Waals surface area contributed by atoms with Crippen LogP contribution in [0, 0.1) is 5.92 Å². The van der Waals surface area contributed by atoms with E-state index < -0.39 is 0 Å². The van der Waals surface area contributed by atoms with E-state index in [9.17, 15) is 4.79 Å². The number of unbranched alkanes of at least 4 members (excludes halogenated alkanes) is 5. The molecule has 2 heteroatoms. The van der Waals surface area contributed by atoms with Gasteiger partial charge in [-0.2, -0.15) is 0 Å². The predicted molar refractivity (Wildman–Crippen MR) is 65.8 cm³/mol. The molecule has 0 saturated heterocycles. The van der Waals surface area contributed by atoms with Gasteiger partial charge in [0.25, 0.3) is 0 Å². The monoisotopic (exact) mass is 213 g/mol. The van der Waals surface area contributed by atoms with Crippen molar-refractivity contribution in [3.05, 3.63) is 0 Å². The Morgan fingerprint density at radius 1 is 1.07 bits per heavy atom. The van der Waals surface area contributed by atoms with Crippen LogP contribution in [0.2, 0.25) is 0 Å². The van der Waals surface area contributed by atoms with Crippen LogP contribution in [0.4, 0.5) is 0 Å². The van der Waals surface area contributed by atoms with Crippen LogP contribution in [0.1, 0.15) is 65.2 Å². The number of hydrogen-bond acceptors (Lipinski definition) is 1. The standard InChI is InChI=1S/C13H27NO/c1-4-6-7-8-9-10-11-12(5-2)13(15)14-3/h12H,4-11H2,1-3H3,(H,14,15). The first-order valence-electron chi connectivity index (χ1n) is 6.47. The molecule has 0 aromatic heterocycles. The molecule has 1 amide bonds. The van der Waals surface area contributed by atoms with E-state index in [0.717, 1.165) is 12.8 Å². The van der Waals surface area contributed by atoms with Gasteiger partial charge in [0.2, 0.25) is 5.91 Å². The molecule has 0 aliphatic carbocycles. The first-order chi connectivity index (χ1) is 7.26. The Kier molecular flexibility index (Phi) is 9.65. The van der Waals surface area contributed by atoms with Crippen LogP contribution in [0.15, 0.2) is 0 Å². The van der Waals surface area contributed by atoms with E-state index in [0.29, 0.717) is 0 Å². The summed E-state index contributed by atoms with van der Waals surface area (Å²) in [6.45, 7) is 4.33. The molecular formula is C13H27NO. The molecule has 0 spiro atoms. The van der Waals surface area contributed by atoms with Crippen LogP contribution >= 0.6 is 0 Å². The average Bonchev–Trinajstić information content (AvgIpc) is 2.27. The lowest BCUT2D eigenvalue weighted by molar-refractivity contribution is -0.124. The van der Waals surface area contributed by atoms with Crippen molar-refractivity contribution in [3.63, 3.8) is 0 Å². The smallest absolute Gasteiger partial charge is 0.222 e. The molecular weight excluding hydrogens is 186 g/mol. The molecule has 0 aliphatic heterocycles. The first-order valence-corrected chi connectivity index (χ1v) is 6.47. The Balaban J connectivity index is 3.42. The highest BCUT2D eigenvalue weighted by Crippen LogP contribution is 2.15. The summed E-state index contributed by atoms with van der Waals surface area (Å²) in [6.07, 6.45) is 9.85. The summed E-state index contributed by atoms with van der Waals surface area (Å²) in [5.41, 5.74) is 0. The maximum atomic E-state index is 11.4. The van der Waals surface area contributed by atoms with Crippen molar-refractivity contribution in [1.82, 2.24) is 5.32 Å². The van der Waals surface area contributed by atoms with Gasteiger partial charge in [-0.05, 0) is 12.8 Å². The van der Waals surface area contributed by atoms with Gasteiger partial charge in [-0.3, -0.25) is 4.79 Å². The highest BCUT2D eigenvalue weighted by Gasteiger charge is 2.13. The molecule has 0 fully saturated rings. The number of carbonyl (C=O) groups excluding carboxylic acids is 1. The molecule has 0 bridgehead atoms. The van der Waals surface area contributed by atoms with Crippen LogP contribution in [-0.4, -0.2) is 13.0 Å². The zero-order valence-electron chi connectivity index (χ0n) is 10.6. The third-order valence-corrected chi connectivity index (χ3v) is 3.02. The zero-order valence-corrected chi connectivity index (χ0v) is 10.6. The number of rotatable bonds is 9. The molecule has 2 nitrogen and oxygen atoms in total. The minimum Gasteiger partial charge on any atom is -0.359 e. The second-order valence-corrected chi connectivity index (χ2v) is 4.28. The Hall–Kier alpha value is -0.530. The van der Waals surface area contributed by atoms with Crippen LogP contribution in [0.25, 0.3) is 0 Å². The number of amides is 1. The lowest BCUT2D eigenvalue weighted by Crippen LogP contribution is -2.26. The van der Waals surface area contributed by atoms with E-state index in [-0.39, 0.29) is 11.8 Å². The van der Waals surface area contributed by atoms with Gasteiger partial charge in [0.15, 0.2) is 0 Å². The Morgan fingerprint density at radius 3 is 2.20 bits per heavy atom. The Bertz CT molecular complexity index is 157. The third-order valence-electron chi connectivity index (χ3n) is 3.02. The summed E-state index contributed by atoms with van der Waals surface area (Å²) in [4.78, 5) is 11.4. The van der Waals surface area contributed by atoms with E-state index in [1.54, 1.807) is 7.05 Å². The molecule has 0 aromatic rings. The van der Waals surface area contributed by atoms with Gasteiger partial charge in [-0.1, -0.05) is 52.4 Å². The van der Waals surface area contributed by atoms with Crippen molar-refractivity contribution >= 4 is 5.91 Å². The van der Waals surface area contributed by atoms with Crippen molar-refractivity contribution in [2.75, 3.05) is 7.05 Å². The summed E-state index contributed by atoms with van der Waals surface area (Å²) in [5, 5.41) is 2.74. The van der Waals surface area contributed by atoms with Crippen molar-refractivity contribution in [3.8, 4) is 0 Å². The Morgan fingerprint density at radius 2 is 1.67 bits per heavy atom. The van der Waals surface area contributed by atoms with E-state index in [4.69, 9.17) is 0 Å². The second-order valence-electron chi connectivity index (χ2n) is 4.28. The lowest BCUT2D eigenvalue weighted by Gasteiger charge is -2.12. The molecule has 15 heavy (non-hydrogen) atoms. The van der Waals surface area contributed by atoms with Crippen LogP contribution in [0.3, 0.4) is 0 Å². The largest absolute Gasteiger partial charge is 0.359 e. The lowest BCUT2D eigenvalue weighted by atomic mass is 9.97. The molecule has 0 radical (unpaired) electrons. The first kappa shape index (κ1) is 14.5. The molecule has 0 heterocycles. The van der Waals surface area contributed by atoms with E-state index in [1.807, 2.05) is 0 Å². The second kappa shape index (κ2) is 10.0. The summed E-state index contributed by atoms with van der Waals surface area (Å²) in [5.74, 6) is 0.451. The fourth-order valence-electron chi connectivity index (χ4n) is 1.90.